The lowest BCUT2D eigenvalue weighted by Crippen LogP contribution is -2.68. The van der Waals surface area contributed by atoms with Crippen molar-refractivity contribution >= 4 is 11.9 Å². The molecule has 7 aliphatic rings. The summed E-state index contributed by atoms with van der Waals surface area (Å²) in [5.41, 5.74) is -2.92. The number of carboxylic acid groups (broad SMARTS) is 1. The van der Waals surface area contributed by atoms with Gasteiger partial charge in [0, 0.05) is 0 Å². The van der Waals surface area contributed by atoms with Crippen molar-refractivity contribution in [3.05, 3.63) is 11.6 Å². The highest BCUT2D eigenvalue weighted by Crippen LogP contribution is 2.76. The van der Waals surface area contributed by atoms with Gasteiger partial charge in [0.15, 0.2) is 6.29 Å². The maximum Gasteiger partial charge on any atom is 0.315 e. The summed E-state index contributed by atoms with van der Waals surface area (Å²) < 4.78 is 23.9. The molecule has 318 valence electrons. The average molecular weight is 795 g/mol. The lowest BCUT2D eigenvalue weighted by Gasteiger charge is -2.70. The molecule has 2 aliphatic heterocycles. The van der Waals surface area contributed by atoms with Crippen molar-refractivity contribution < 1.29 is 69.4 Å². The molecule has 56 heavy (non-hydrogen) atoms. The van der Waals surface area contributed by atoms with Crippen molar-refractivity contribution in [2.75, 3.05) is 6.61 Å². The van der Waals surface area contributed by atoms with Gasteiger partial charge in [0.1, 0.15) is 42.7 Å². The number of allylic oxidation sites excluding steroid dienone is 1. The first-order valence-electron chi connectivity index (χ1n) is 20.9. The predicted octanol–water partition coefficient (Wildman–Crippen LogP) is 2.26. The van der Waals surface area contributed by atoms with Crippen LogP contribution in [0.15, 0.2) is 11.6 Å². The molecule has 14 heteroatoms. The number of fused-ring (bicyclic) bond motifs is 7. The zero-order valence-corrected chi connectivity index (χ0v) is 33.9. The molecule has 0 unspecified atom stereocenters. The molecule has 0 bridgehead atoms. The van der Waals surface area contributed by atoms with Crippen LogP contribution >= 0.6 is 0 Å². The van der Waals surface area contributed by atoms with E-state index in [9.17, 15) is 50.4 Å². The number of carbonyl (C=O) groups excluding carboxylic acids is 1. The number of carboxylic acids is 1. The fourth-order valence-electron chi connectivity index (χ4n) is 13.9. The second-order valence-corrected chi connectivity index (χ2v) is 20.0. The van der Waals surface area contributed by atoms with Crippen LogP contribution in [0.5, 0.6) is 0 Å². The Labute approximate surface area is 329 Å². The molecule has 0 aromatic heterocycles. The molecule has 5 aliphatic carbocycles. The molecule has 6 fully saturated rings. The minimum atomic E-state index is -1.65. The van der Waals surface area contributed by atoms with Gasteiger partial charge in [-0.15, -0.1) is 0 Å². The van der Waals surface area contributed by atoms with E-state index in [1.165, 1.54) is 6.92 Å². The van der Waals surface area contributed by atoms with Gasteiger partial charge >= 0.3 is 11.9 Å². The Morgan fingerprint density at radius 1 is 0.768 bits per heavy atom. The summed E-state index contributed by atoms with van der Waals surface area (Å²) in [6, 6.07) is 0. The van der Waals surface area contributed by atoms with Crippen LogP contribution in [0.25, 0.3) is 0 Å². The molecule has 7 rings (SSSR count). The third-order valence-corrected chi connectivity index (χ3v) is 17.3. The lowest BCUT2D eigenvalue weighted by molar-refractivity contribution is -0.330. The molecule has 0 spiro atoms. The van der Waals surface area contributed by atoms with E-state index < -0.39 is 108 Å². The number of aliphatic hydroxyl groups is 7. The molecule has 4 saturated carbocycles. The largest absolute Gasteiger partial charge is 0.481 e. The number of aliphatic hydroxyl groups excluding tert-OH is 7. The van der Waals surface area contributed by atoms with Crippen LogP contribution < -0.4 is 0 Å². The van der Waals surface area contributed by atoms with Crippen LogP contribution in [-0.4, -0.2) is 127 Å². The number of aliphatic carboxylic acids is 1. The molecular formula is C42H66O14. The molecule has 0 aromatic carbocycles. The van der Waals surface area contributed by atoms with Crippen molar-refractivity contribution in [2.45, 2.75) is 174 Å². The highest BCUT2D eigenvalue weighted by molar-refractivity contribution is 5.85. The normalized spacial score (nSPS) is 54.0. The SMILES string of the molecule is C[C@H]1[C@H](C)CC[C@]2(C(=O)O[C@H]3O[C@@H](C)[C@H](O)[C@@H](O)[C@H]3O)CC[C@]3(C(=O)O)C(=CC[C@@H]4[C@@]5(C)CC[C@H](O[C@@H]6O[C@H](CO)[C@@H](O)[C@H](O)[C@H]6O)C(C)(C)[C@@H]5CC[C@]43C)[C@H]12. The molecule has 20 atom stereocenters. The summed E-state index contributed by atoms with van der Waals surface area (Å²) in [4.78, 5) is 28.8. The minimum absolute atomic E-state index is 0.0166. The molecular weight excluding hydrogens is 728 g/mol. The van der Waals surface area contributed by atoms with Crippen molar-refractivity contribution in [1.82, 2.24) is 0 Å². The lowest BCUT2D eigenvalue weighted by atomic mass is 9.33. The molecule has 14 nitrogen and oxygen atoms in total. The first-order valence-corrected chi connectivity index (χ1v) is 20.9. The van der Waals surface area contributed by atoms with E-state index in [4.69, 9.17) is 18.9 Å². The van der Waals surface area contributed by atoms with E-state index >= 15 is 0 Å². The van der Waals surface area contributed by atoms with E-state index in [0.717, 1.165) is 24.8 Å². The molecule has 8 N–H and O–H groups in total. The van der Waals surface area contributed by atoms with E-state index in [-0.39, 0.29) is 48.0 Å². The number of rotatable bonds is 6. The van der Waals surface area contributed by atoms with Gasteiger partial charge in [-0.25, -0.2) is 0 Å². The van der Waals surface area contributed by atoms with Crippen molar-refractivity contribution in [3.8, 4) is 0 Å². The van der Waals surface area contributed by atoms with Crippen LogP contribution in [0.3, 0.4) is 0 Å². The molecule has 0 amide bonds. The second kappa shape index (κ2) is 14.5. The van der Waals surface area contributed by atoms with Gasteiger partial charge in [0.2, 0.25) is 6.29 Å². The molecule has 0 aromatic rings. The monoisotopic (exact) mass is 794 g/mol. The first kappa shape index (κ1) is 42.4. The third kappa shape index (κ3) is 5.85. The Balaban J connectivity index is 1.21. The van der Waals surface area contributed by atoms with Gasteiger partial charge in [0.25, 0.3) is 0 Å². The second-order valence-electron chi connectivity index (χ2n) is 20.0. The zero-order valence-electron chi connectivity index (χ0n) is 33.9. The number of hydrogen-bond donors (Lipinski definition) is 8. The third-order valence-electron chi connectivity index (χ3n) is 17.3. The minimum Gasteiger partial charge on any atom is -0.481 e. The number of esters is 1. The number of ether oxygens (including phenoxy) is 4. The van der Waals surface area contributed by atoms with Crippen LogP contribution in [-0.2, 0) is 28.5 Å². The topological polar surface area (TPSA) is 233 Å². The van der Waals surface area contributed by atoms with Gasteiger partial charge in [-0.2, -0.15) is 0 Å². The Morgan fingerprint density at radius 3 is 2.09 bits per heavy atom. The van der Waals surface area contributed by atoms with Crippen LogP contribution in [0, 0.1) is 56.7 Å². The van der Waals surface area contributed by atoms with Gasteiger partial charge in [-0.05, 0) is 111 Å². The quantitative estimate of drug-likeness (QED) is 0.110. The average Bonchev–Trinajstić information content (AvgIpc) is 3.14. The predicted molar refractivity (Wildman–Crippen MR) is 198 cm³/mol. The van der Waals surface area contributed by atoms with Crippen LogP contribution in [0.2, 0.25) is 0 Å². The van der Waals surface area contributed by atoms with Crippen molar-refractivity contribution in [1.29, 1.82) is 0 Å². The van der Waals surface area contributed by atoms with E-state index in [2.05, 4.69) is 47.6 Å². The fourth-order valence-corrected chi connectivity index (χ4v) is 13.9. The molecule has 2 heterocycles. The van der Waals surface area contributed by atoms with Gasteiger partial charge in [-0.1, -0.05) is 53.2 Å². The summed E-state index contributed by atoms with van der Waals surface area (Å²) >= 11 is 0. The van der Waals surface area contributed by atoms with Crippen LogP contribution in [0.1, 0.15) is 106 Å². The molecule has 2 saturated heterocycles. The van der Waals surface area contributed by atoms with E-state index in [0.29, 0.717) is 25.7 Å². The van der Waals surface area contributed by atoms with E-state index in [1.54, 1.807) is 0 Å². The van der Waals surface area contributed by atoms with Crippen LogP contribution in [0.4, 0.5) is 0 Å². The Kier molecular flexibility index (Phi) is 11.0. The summed E-state index contributed by atoms with van der Waals surface area (Å²) in [6.45, 7) is 14.0. The summed E-state index contributed by atoms with van der Waals surface area (Å²) in [7, 11) is 0. The fraction of sp³-hybridized carbons (Fsp3) is 0.905. The maximum absolute atomic E-state index is 14.6. The zero-order chi connectivity index (χ0) is 41.1. The highest BCUT2D eigenvalue weighted by atomic mass is 16.7. The Hall–Kier alpha value is -1.72. The number of carbonyl (C=O) groups is 2. The van der Waals surface area contributed by atoms with Gasteiger partial charge in [-0.3, -0.25) is 9.59 Å². The smallest absolute Gasteiger partial charge is 0.315 e. The number of hydrogen-bond acceptors (Lipinski definition) is 13. The van der Waals surface area contributed by atoms with Gasteiger partial charge in [0.05, 0.1) is 29.6 Å². The molecule has 0 radical (unpaired) electrons. The van der Waals surface area contributed by atoms with E-state index in [1.807, 2.05) is 0 Å². The van der Waals surface area contributed by atoms with Crippen molar-refractivity contribution in [3.63, 3.8) is 0 Å². The van der Waals surface area contributed by atoms with Gasteiger partial charge < -0.3 is 59.8 Å². The standard InChI is InChI=1S/C42H66O14/c1-19-10-15-41(37(52)56-34-32(48)30(46)28(44)21(3)53-34)16-17-42(36(50)51)22(27(41)20(19)2)8-9-25-39(6)13-12-26(38(4,5)24(39)11-14-40(25,42)7)55-35-33(49)31(47)29(45)23(18-43)54-35/h8,19-21,23-35,43-49H,9-18H2,1-7H3,(H,50,51)/t19-,20+,21+,23-,24+,25-,26+,27+,28+,29-,30-,31+,32-,33-,34-,35+,39+,40-,41+,42-/m1/s1. The maximum atomic E-state index is 14.6. The first-order chi connectivity index (χ1) is 26.1. The van der Waals surface area contributed by atoms with Crippen molar-refractivity contribution in [2.24, 2.45) is 56.7 Å². The Morgan fingerprint density at radius 2 is 1.43 bits per heavy atom. The Bertz CT molecular complexity index is 1550. The summed E-state index contributed by atoms with van der Waals surface area (Å²) in [5.74, 6) is -1.63. The summed E-state index contributed by atoms with van der Waals surface area (Å²) in [5, 5.41) is 84.5. The highest BCUT2D eigenvalue weighted by Gasteiger charge is 2.74. The summed E-state index contributed by atoms with van der Waals surface area (Å²) in [6.07, 6.45) is -6.97.